The first-order chi connectivity index (χ1) is 29.6. The average Bonchev–Trinajstić information content (AvgIpc) is 3.51. The van der Waals surface area contributed by atoms with Crippen molar-refractivity contribution in [2.75, 3.05) is 55.6 Å². The van der Waals surface area contributed by atoms with Gasteiger partial charge in [-0.3, -0.25) is 44.1 Å². The lowest BCUT2D eigenvalue weighted by atomic mass is 9.92. The van der Waals surface area contributed by atoms with Crippen LogP contribution in [-0.4, -0.2) is 113 Å². The maximum absolute atomic E-state index is 15.4. The molecule has 0 spiro atoms. The molecule has 1 saturated carbocycles. The Morgan fingerprint density at radius 1 is 0.869 bits per heavy atom. The normalized spacial score (nSPS) is 22.6. The number of nitrogens with zero attached hydrogens (tertiary/aromatic N) is 7. The lowest BCUT2D eigenvalue weighted by molar-refractivity contribution is -0.136. The molecule has 0 radical (unpaired) electrons. The zero-order chi connectivity index (χ0) is 42.2. The van der Waals surface area contributed by atoms with E-state index < -0.39 is 35.5 Å². The van der Waals surface area contributed by atoms with E-state index >= 15 is 4.39 Å². The van der Waals surface area contributed by atoms with Gasteiger partial charge in [-0.25, -0.2) is 9.37 Å². The van der Waals surface area contributed by atoms with Crippen molar-refractivity contribution in [3.05, 3.63) is 89.0 Å². The number of piperidine rings is 2. The van der Waals surface area contributed by atoms with E-state index in [2.05, 4.69) is 36.5 Å². The summed E-state index contributed by atoms with van der Waals surface area (Å²) in [6, 6.07) is 14.8. The topological polar surface area (TPSA) is 181 Å². The third-order valence-electron chi connectivity index (χ3n) is 12.8. The van der Waals surface area contributed by atoms with Crippen molar-refractivity contribution >= 4 is 51.9 Å². The maximum atomic E-state index is 15.4. The zero-order valence-corrected chi connectivity index (χ0v) is 33.6. The summed E-state index contributed by atoms with van der Waals surface area (Å²) in [6.45, 7) is 5.19. The summed E-state index contributed by atoms with van der Waals surface area (Å²) in [6.07, 6.45) is 8.58. The van der Waals surface area contributed by atoms with Gasteiger partial charge in [0.25, 0.3) is 17.7 Å². The number of pyridine rings is 2. The Hall–Kier alpha value is -6.47. The van der Waals surface area contributed by atoms with Crippen LogP contribution in [0.25, 0.3) is 10.9 Å². The second-order valence-corrected chi connectivity index (χ2v) is 16.6. The molecule has 9 rings (SSSR count). The Kier molecular flexibility index (Phi) is 11.1. The number of nitrogens with one attached hydrogen (secondary N) is 2. The van der Waals surface area contributed by atoms with Gasteiger partial charge in [0.15, 0.2) is 0 Å². The van der Waals surface area contributed by atoms with Crippen LogP contribution >= 0.6 is 0 Å². The molecular weight excluding hydrogens is 782 g/mol. The van der Waals surface area contributed by atoms with Crippen molar-refractivity contribution in [1.82, 2.24) is 30.4 Å². The number of amides is 5. The molecule has 6 heterocycles. The Bertz CT molecular complexity index is 2430. The average molecular weight is 828 g/mol. The van der Waals surface area contributed by atoms with Crippen LogP contribution in [0.5, 0.6) is 5.75 Å². The van der Waals surface area contributed by atoms with E-state index in [-0.39, 0.29) is 47.7 Å². The van der Waals surface area contributed by atoms with Crippen LogP contribution in [-0.2, 0) is 9.59 Å². The van der Waals surface area contributed by atoms with Crippen LogP contribution in [0.15, 0.2) is 60.9 Å². The lowest BCUT2D eigenvalue weighted by Gasteiger charge is -2.40. The van der Waals surface area contributed by atoms with E-state index in [0.29, 0.717) is 35.7 Å². The highest BCUT2D eigenvalue weighted by atomic mass is 19.1. The molecule has 61 heavy (non-hydrogen) atoms. The number of fused-ring (bicyclic) bond motifs is 2. The molecule has 2 aromatic carbocycles. The molecule has 1 aliphatic carbocycles. The van der Waals surface area contributed by atoms with Crippen LogP contribution < -0.4 is 25.2 Å². The molecule has 1 atom stereocenters. The molecule has 2 aromatic heterocycles. The fourth-order valence-corrected chi connectivity index (χ4v) is 9.42. The number of carbonyl (C=O) groups is 5. The third kappa shape index (κ3) is 8.09. The summed E-state index contributed by atoms with van der Waals surface area (Å²) in [5.74, 6) is -1.19. The van der Waals surface area contributed by atoms with E-state index in [1.54, 1.807) is 18.5 Å². The van der Waals surface area contributed by atoms with Gasteiger partial charge < -0.3 is 19.9 Å². The molecule has 2 N–H and O–H groups in total. The minimum Gasteiger partial charge on any atom is -0.490 e. The molecule has 4 fully saturated rings. The highest BCUT2D eigenvalue weighted by Gasteiger charge is 2.45. The molecule has 16 heteroatoms. The van der Waals surface area contributed by atoms with Crippen molar-refractivity contribution in [3.63, 3.8) is 0 Å². The number of nitriles is 1. The number of piperazine rings is 1. The number of benzene rings is 2. The number of hydrogen-bond acceptors (Lipinski definition) is 12. The molecule has 4 aliphatic heterocycles. The Balaban J connectivity index is 0.709. The Morgan fingerprint density at radius 2 is 1.62 bits per heavy atom. The molecular formula is C45H46FN9O6. The van der Waals surface area contributed by atoms with Crippen molar-refractivity contribution in [1.29, 1.82) is 5.26 Å². The quantitative estimate of drug-likeness (QED) is 0.230. The molecule has 0 bridgehead atoms. The fraction of sp³-hybridized carbons (Fsp3) is 0.422. The summed E-state index contributed by atoms with van der Waals surface area (Å²) in [4.78, 5) is 80.1. The first-order valence-corrected chi connectivity index (χ1v) is 21.1. The first kappa shape index (κ1) is 40.0. The zero-order valence-electron chi connectivity index (χ0n) is 33.6. The highest BCUT2D eigenvalue weighted by Crippen LogP contribution is 2.34. The van der Waals surface area contributed by atoms with Gasteiger partial charge in [0.1, 0.15) is 29.5 Å². The molecule has 5 amide bonds. The van der Waals surface area contributed by atoms with Crippen LogP contribution in [0.4, 0.5) is 15.9 Å². The molecule has 4 aromatic rings. The van der Waals surface area contributed by atoms with E-state index in [9.17, 15) is 29.2 Å². The molecule has 3 saturated heterocycles. The van der Waals surface area contributed by atoms with Crippen LogP contribution in [0.1, 0.15) is 88.0 Å². The third-order valence-corrected chi connectivity index (χ3v) is 12.8. The van der Waals surface area contributed by atoms with Crippen molar-refractivity contribution < 1.29 is 33.1 Å². The van der Waals surface area contributed by atoms with E-state index in [0.717, 1.165) is 99.2 Å². The summed E-state index contributed by atoms with van der Waals surface area (Å²) >= 11 is 0. The van der Waals surface area contributed by atoms with Gasteiger partial charge in [0.05, 0.1) is 39.6 Å². The summed E-state index contributed by atoms with van der Waals surface area (Å²) in [7, 11) is 0. The smallest absolute Gasteiger partial charge is 0.262 e. The number of aromatic nitrogens is 2. The van der Waals surface area contributed by atoms with Gasteiger partial charge in [0.2, 0.25) is 11.8 Å². The van der Waals surface area contributed by atoms with E-state index in [1.807, 2.05) is 35.2 Å². The van der Waals surface area contributed by atoms with Gasteiger partial charge in [-0.2, -0.15) is 5.26 Å². The number of hydrogen-bond donors (Lipinski definition) is 2. The van der Waals surface area contributed by atoms with Gasteiger partial charge in [-0.15, -0.1) is 0 Å². The highest BCUT2D eigenvalue weighted by molar-refractivity contribution is 6.23. The molecule has 314 valence electrons. The number of halogens is 1. The summed E-state index contributed by atoms with van der Waals surface area (Å²) in [5, 5.41) is 15.6. The predicted octanol–water partition coefficient (Wildman–Crippen LogP) is 4.20. The number of rotatable bonds is 9. The lowest BCUT2D eigenvalue weighted by Crippen LogP contribution is -2.54. The van der Waals surface area contributed by atoms with Crippen molar-refractivity contribution in [2.45, 2.75) is 69.6 Å². The number of carbonyl (C=O) groups excluding carboxylic acids is 5. The SMILES string of the molecule is N#Cc1ccc(OC2CCC(NC(=O)c3ccc(N4CCC(CN5CCN(c6cc7c(cc6F)C(=O)N(C6CCC(=O)NC6=O)C7=O)CC5)CC4)nc3)CC2)c2cccnc12. The number of anilines is 2. The minimum atomic E-state index is -1.10. The minimum absolute atomic E-state index is 0.0138. The van der Waals surface area contributed by atoms with Gasteiger partial charge in [-0.05, 0) is 99.4 Å². The van der Waals surface area contributed by atoms with E-state index in [1.165, 1.54) is 6.07 Å². The Morgan fingerprint density at radius 3 is 2.33 bits per heavy atom. The van der Waals surface area contributed by atoms with Gasteiger partial charge in [0, 0.05) is 76.1 Å². The summed E-state index contributed by atoms with van der Waals surface area (Å²) < 4.78 is 21.8. The Labute approximate surface area is 351 Å². The predicted molar refractivity (Wildman–Crippen MR) is 221 cm³/mol. The second-order valence-electron chi connectivity index (χ2n) is 16.6. The second kappa shape index (κ2) is 16.9. The van der Waals surface area contributed by atoms with Crippen LogP contribution in [0.2, 0.25) is 0 Å². The van der Waals surface area contributed by atoms with Gasteiger partial charge >= 0.3 is 0 Å². The maximum Gasteiger partial charge on any atom is 0.262 e. The molecule has 1 unspecified atom stereocenters. The molecule has 5 aliphatic rings. The largest absolute Gasteiger partial charge is 0.490 e. The van der Waals surface area contributed by atoms with Crippen molar-refractivity contribution in [2.24, 2.45) is 5.92 Å². The van der Waals surface area contributed by atoms with Crippen molar-refractivity contribution in [3.8, 4) is 11.8 Å². The molecule has 15 nitrogen and oxygen atoms in total. The van der Waals surface area contributed by atoms with Crippen LogP contribution in [0, 0.1) is 23.1 Å². The standard InChI is InChI=1S/C45H46FN9O6/c46-35-22-33-34(45(60)55(44(33)59)36-9-12-40(56)51-43(36)58)23-37(35)53-20-18-52(19-21-53)26-27-13-16-54(17-14-27)39-11-4-29(25-49-39)42(57)50-30-5-7-31(8-6-30)61-38-10-3-28(24-47)41-32(38)2-1-15-48-41/h1-4,10-11,15,22-23,25,27,30-31,36H,5-9,12-14,16-21,26H2,(H,50,57)(H,51,56,58). The van der Waals surface area contributed by atoms with Crippen LogP contribution in [0.3, 0.4) is 0 Å². The number of imide groups is 2. The number of ether oxygens (including phenoxy) is 1. The van der Waals surface area contributed by atoms with Gasteiger partial charge in [-0.1, -0.05) is 0 Å². The summed E-state index contributed by atoms with van der Waals surface area (Å²) in [5.41, 5.74) is 1.95. The first-order valence-electron chi connectivity index (χ1n) is 21.1. The monoisotopic (exact) mass is 827 g/mol. The fourth-order valence-electron chi connectivity index (χ4n) is 9.42. The van der Waals surface area contributed by atoms with E-state index in [4.69, 9.17) is 4.74 Å².